The monoisotopic (exact) mass is 613 g/mol. The van der Waals surface area contributed by atoms with Gasteiger partial charge in [0.25, 0.3) is 0 Å². The van der Waals surface area contributed by atoms with Crippen LogP contribution in [0.25, 0.3) is 5.69 Å². The number of carbonyl (C=O) groups is 2. The summed E-state index contributed by atoms with van der Waals surface area (Å²) in [5, 5.41) is 18.2. The Hall–Kier alpha value is -3.55. The number of amides is 2. The highest BCUT2D eigenvalue weighted by molar-refractivity contribution is 8.45. The number of nitriles is 1. The van der Waals surface area contributed by atoms with Crippen molar-refractivity contribution in [2.45, 2.75) is 43.7 Å². The average molecular weight is 614 g/mol. The van der Waals surface area contributed by atoms with Crippen LogP contribution in [0.4, 0.5) is 30.0 Å². The molecule has 1 fully saturated rings. The molecule has 2 aromatic heterocycles. The summed E-state index contributed by atoms with van der Waals surface area (Å²) in [5.41, 5.74) is 4.21. The number of rotatable bonds is 7. The fraction of sp³-hybridized carbons (Fsp3) is 0.286. The molecule has 0 radical (unpaired) electrons. The van der Waals surface area contributed by atoms with Crippen LogP contribution in [0.5, 0.6) is 0 Å². The molecule has 210 valence electrons. The van der Waals surface area contributed by atoms with Crippen molar-refractivity contribution in [3.63, 3.8) is 0 Å². The summed E-state index contributed by atoms with van der Waals surface area (Å²) in [7, 11) is -10.2. The van der Waals surface area contributed by atoms with Crippen LogP contribution in [0.1, 0.15) is 35.5 Å². The van der Waals surface area contributed by atoms with E-state index in [4.69, 9.17) is 33.7 Å². The van der Waals surface area contributed by atoms with E-state index in [-0.39, 0.29) is 37.3 Å². The van der Waals surface area contributed by atoms with Gasteiger partial charge in [-0.3, -0.25) is 10.1 Å². The third-order valence-electron chi connectivity index (χ3n) is 5.98. The number of hydrogen-bond donors (Lipinski definition) is 2. The van der Waals surface area contributed by atoms with E-state index in [1.165, 1.54) is 4.68 Å². The predicted octanol–water partition coefficient (Wildman–Crippen LogP) is 6.24. The number of halogens is 7. The Morgan fingerprint density at radius 3 is 2.18 bits per heavy atom. The van der Waals surface area contributed by atoms with Gasteiger partial charge in [0, 0.05) is 11.3 Å². The van der Waals surface area contributed by atoms with Gasteiger partial charge in [0.05, 0.1) is 21.2 Å². The van der Waals surface area contributed by atoms with Crippen LogP contribution in [-0.4, -0.2) is 31.6 Å². The molecule has 0 spiro atoms. The van der Waals surface area contributed by atoms with Crippen molar-refractivity contribution in [1.29, 1.82) is 5.26 Å². The zero-order chi connectivity index (χ0) is 29.2. The second kappa shape index (κ2) is 8.47. The molecule has 1 saturated carbocycles. The van der Waals surface area contributed by atoms with Crippen LogP contribution < -0.4 is 11.1 Å². The number of aryl methyl sites for hydroxylation is 2. The quantitative estimate of drug-likeness (QED) is 0.302. The summed E-state index contributed by atoms with van der Waals surface area (Å²) in [6.45, 7) is 3.06. The van der Waals surface area contributed by atoms with Crippen molar-refractivity contribution in [2.24, 2.45) is 5.73 Å². The van der Waals surface area contributed by atoms with Crippen molar-refractivity contribution in [2.75, 3.05) is 5.32 Å². The zero-order valence-electron chi connectivity index (χ0n) is 19.9. The fourth-order valence-corrected chi connectivity index (χ4v) is 5.45. The third-order valence-corrected chi connectivity index (χ3v) is 7.68. The number of nitrogens with one attached hydrogen (secondary N) is 1. The Morgan fingerprint density at radius 1 is 1.15 bits per heavy atom. The van der Waals surface area contributed by atoms with E-state index in [9.17, 15) is 34.3 Å². The van der Waals surface area contributed by atoms with E-state index < -0.39 is 59.8 Å². The molecule has 2 heterocycles. The third kappa shape index (κ3) is 5.34. The first kappa shape index (κ1) is 28.5. The molecule has 1 aromatic carbocycles. The molecule has 18 heteroatoms. The van der Waals surface area contributed by atoms with Crippen LogP contribution in [-0.2, 0) is 21.7 Å². The molecule has 0 unspecified atom stereocenters. The van der Waals surface area contributed by atoms with Gasteiger partial charge in [-0.15, -0.1) is 0 Å². The van der Waals surface area contributed by atoms with Crippen LogP contribution in [0.2, 0.25) is 10.0 Å². The normalized spacial score (nSPS) is 16.1. The van der Waals surface area contributed by atoms with Crippen LogP contribution in [0, 0.1) is 25.2 Å². The number of benzene rings is 1. The first-order valence-corrected chi connectivity index (χ1v) is 13.5. The Kier molecular flexibility index (Phi) is 6.18. The highest BCUT2D eigenvalue weighted by Gasteiger charge is 2.65. The van der Waals surface area contributed by atoms with Gasteiger partial charge in [-0.1, -0.05) is 42.6 Å². The van der Waals surface area contributed by atoms with Crippen molar-refractivity contribution in [3.8, 4) is 11.8 Å². The molecule has 10 nitrogen and oxygen atoms in total. The molecule has 4 rings (SSSR count). The summed E-state index contributed by atoms with van der Waals surface area (Å²) < 4.78 is 74.2. The van der Waals surface area contributed by atoms with Gasteiger partial charge in [0.15, 0.2) is 12.4 Å². The topological polar surface area (TPSA) is 141 Å². The van der Waals surface area contributed by atoms with Crippen molar-refractivity contribution in [1.82, 2.24) is 19.6 Å². The maximum Gasteiger partial charge on any atom is 0.414 e. The standard InChI is InChI=1S/C21H18Cl2F5N7O3S/c1-10-5-11(2)34(32-10)9-38-20(37)31-18-16(21(3-4-21)19(30)36)15(8-29)33-35(18)17-13(22)6-12(7-14(17)23)39(24,25,26,27)28/h5-7H,3-4,9H2,1-2H3,(H2,30,36)(H,31,37). The predicted molar refractivity (Wildman–Crippen MR) is 132 cm³/mol. The second-order valence-corrected chi connectivity index (χ2v) is 12.1. The van der Waals surface area contributed by atoms with Crippen LogP contribution in [0.3, 0.4) is 0 Å². The van der Waals surface area contributed by atoms with E-state index >= 15 is 0 Å². The van der Waals surface area contributed by atoms with Gasteiger partial charge in [-0.2, -0.15) is 15.5 Å². The molecule has 3 aromatic rings. The lowest BCUT2D eigenvalue weighted by molar-refractivity contribution is -0.120. The molecule has 2 amide bonds. The fourth-order valence-electron chi connectivity index (χ4n) is 4.00. The number of carbonyl (C=O) groups excluding carboxylic acids is 2. The van der Waals surface area contributed by atoms with Gasteiger partial charge < -0.3 is 10.5 Å². The van der Waals surface area contributed by atoms with Gasteiger partial charge >= 0.3 is 16.3 Å². The average Bonchev–Trinajstić information content (AvgIpc) is 3.42. The highest BCUT2D eigenvalue weighted by Crippen LogP contribution is 3.02. The smallest absolute Gasteiger partial charge is 0.414 e. The molecule has 3 N–H and O–H groups in total. The molecule has 0 aliphatic heterocycles. The Morgan fingerprint density at radius 2 is 1.74 bits per heavy atom. The van der Waals surface area contributed by atoms with Gasteiger partial charge in [-0.05, 0) is 44.9 Å². The van der Waals surface area contributed by atoms with Gasteiger partial charge in [0.2, 0.25) is 5.91 Å². The van der Waals surface area contributed by atoms with Crippen LogP contribution in [0.15, 0.2) is 23.1 Å². The molecular weight excluding hydrogens is 596 g/mol. The number of ether oxygens (including phenoxy) is 1. The summed E-state index contributed by atoms with van der Waals surface area (Å²) in [6.07, 6.45) is -0.836. The summed E-state index contributed by atoms with van der Waals surface area (Å²) in [4.78, 5) is 22.7. The maximum absolute atomic E-state index is 13.4. The highest BCUT2D eigenvalue weighted by atomic mass is 35.5. The number of nitrogens with zero attached hydrogens (tertiary/aromatic N) is 5. The number of aromatic nitrogens is 4. The van der Waals surface area contributed by atoms with E-state index in [2.05, 4.69) is 15.5 Å². The van der Waals surface area contributed by atoms with Gasteiger partial charge in [0.1, 0.15) is 22.5 Å². The first-order chi connectivity index (χ1) is 17.8. The van der Waals surface area contributed by atoms with Crippen molar-refractivity contribution >= 4 is 51.2 Å². The number of hydrogen-bond acceptors (Lipinski definition) is 6. The summed E-state index contributed by atoms with van der Waals surface area (Å²) >= 11 is 12.0. The second-order valence-electron chi connectivity index (χ2n) is 8.86. The maximum atomic E-state index is 13.4. The minimum atomic E-state index is -10.2. The van der Waals surface area contributed by atoms with E-state index in [0.29, 0.717) is 16.1 Å². The number of anilines is 1. The lowest BCUT2D eigenvalue weighted by Gasteiger charge is -2.40. The minimum absolute atomic E-state index is 0.0520. The van der Waals surface area contributed by atoms with E-state index in [1.54, 1.807) is 26.0 Å². The first-order valence-electron chi connectivity index (χ1n) is 10.8. The lowest BCUT2D eigenvalue weighted by atomic mass is 9.94. The molecular formula is C21H18Cl2F5N7O3S. The summed E-state index contributed by atoms with van der Waals surface area (Å²) in [5.74, 6) is -1.30. The molecule has 0 saturated heterocycles. The molecule has 1 aliphatic rings. The van der Waals surface area contributed by atoms with Crippen molar-refractivity contribution in [3.05, 3.63) is 50.9 Å². The number of primary amides is 1. The van der Waals surface area contributed by atoms with Crippen molar-refractivity contribution < 1.29 is 33.8 Å². The van der Waals surface area contributed by atoms with E-state index in [0.717, 1.165) is 0 Å². The molecule has 39 heavy (non-hydrogen) atoms. The SMILES string of the molecule is Cc1cc(C)n(COC(=O)Nc2c(C3(C(N)=O)CC3)c(C#N)nn2-c2c(Cl)cc(S(F)(F)(F)(F)F)cc2Cl)n1. The zero-order valence-corrected chi connectivity index (χ0v) is 22.3. The molecule has 1 aliphatic carbocycles. The largest absolute Gasteiger partial charge is 0.426 e. The molecule has 0 atom stereocenters. The van der Waals surface area contributed by atoms with E-state index in [1.807, 2.05) is 0 Å². The number of nitrogens with two attached hydrogens (primary N) is 1. The summed E-state index contributed by atoms with van der Waals surface area (Å²) in [6, 6.07) is 3.34. The lowest BCUT2D eigenvalue weighted by Crippen LogP contribution is -2.30. The van der Waals surface area contributed by atoms with Gasteiger partial charge in [-0.25, -0.2) is 14.2 Å². The Bertz CT molecular complexity index is 1570. The Labute approximate surface area is 227 Å². The Balaban J connectivity index is 1.85. The minimum Gasteiger partial charge on any atom is -0.426 e. The molecule has 0 bridgehead atoms. The van der Waals surface area contributed by atoms with Crippen LogP contribution >= 0.6 is 33.4 Å².